The van der Waals surface area contributed by atoms with Gasteiger partial charge in [0, 0.05) is 13.6 Å². The highest BCUT2D eigenvalue weighted by Gasteiger charge is 2.19. The maximum atomic E-state index is 6.00. The first-order chi connectivity index (χ1) is 7.24. The van der Waals surface area contributed by atoms with Gasteiger partial charge in [0.15, 0.2) is 0 Å². The van der Waals surface area contributed by atoms with Crippen molar-refractivity contribution in [2.45, 2.75) is 18.9 Å². The molecule has 0 saturated carbocycles. The van der Waals surface area contributed by atoms with E-state index in [-0.39, 0.29) is 0 Å². The standard InChI is InChI=1S/C12H20N2O/c1-13-7-3-5-11(9-13)15-12-6-4-8-14(2)10-12/h3,5,7,12H,4,6,8-10H2,1-2H3. The molecule has 3 heteroatoms. The summed E-state index contributed by atoms with van der Waals surface area (Å²) < 4.78 is 6.00. The molecule has 0 N–H and O–H groups in total. The quantitative estimate of drug-likeness (QED) is 0.683. The van der Waals surface area contributed by atoms with Gasteiger partial charge in [-0.2, -0.15) is 0 Å². The van der Waals surface area contributed by atoms with Gasteiger partial charge in [-0.05, 0) is 44.8 Å². The molecule has 2 aliphatic heterocycles. The maximum Gasteiger partial charge on any atom is 0.116 e. The third kappa shape index (κ3) is 2.99. The average Bonchev–Trinajstić information content (AvgIpc) is 2.17. The highest BCUT2D eigenvalue weighted by Crippen LogP contribution is 2.17. The third-order valence-corrected chi connectivity index (χ3v) is 2.93. The van der Waals surface area contributed by atoms with Crippen molar-refractivity contribution in [3.63, 3.8) is 0 Å². The van der Waals surface area contributed by atoms with Crippen molar-refractivity contribution in [1.29, 1.82) is 0 Å². The molecule has 1 fully saturated rings. The molecule has 2 heterocycles. The molecular formula is C12H20N2O. The number of piperidine rings is 1. The molecule has 0 radical (unpaired) electrons. The minimum Gasteiger partial charge on any atom is -0.492 e. The van der Waals surface area contributed by atoms with E-state index < -0.39 is 0 Å². The number of hydrogen-bond acceptors (Lipinski definition) is 3. The number of hydrogen-bond donors (Lipinski definition) is 0. The molecule has 1 atom stereocenters. The van der Waals surface area contributed by atoms with Gasteiger partial charge in [-0.25, -0.2) is 0 Å². The molecule has 2 rings (SSSR count). The van der Waals surface area contributed by atoms with Crippen molar-refractivity contribution in [3.8, 4) is 0 Å². The van der Waals surface area contributed by atoms with E-state index in [1.54, 1.807) is 0 Å². The lowest BCUT2D eigenvalue weighted by atomic mass is 10.1. The summed E-state index contributed by atoms with van der Waals surface area (Å²) in [6.07, 6.45) is 9.02. The topological polar surface area (TPSA) is 15.7 Å². The summed E-state index contributed by atoms with van der Waals surface area (Å²) in [5.74, 6) is 1.10. The van der Waals surface area contributed by atoms with Crippen LogP contribution in [0.1, 0.15) is 12.8 Å². The van der Waals surface area contributed by atoms with Crippen LogP contribution in [0, 0.1) is 0 Å². The van der Waals surface area contributed by atoms with Gasteiger partial charge in [-0.1, -0.05) is 0 Å². The molecule has 1 saturated heterocycles. The molecule has 0 amide bonds. The largest absolute Gasteiger partial charge is 0.492 e. The van der Waals surface area contributed by atoms with Crippen LogP contribution < -0.4 is 0 Å². The number of ether oxygens (including phenoxy) is 1. The summed E-state index contributed by atoms with van der Waals surface area (Å²) in [6, 6.07) is 0. The number of allylic oxidation sites excluding steroid dienone is 2. The number of likely N-dealkylation sites (tertiary alicyclic amines) is 1. The lowest BCUT2D eigenvalue weighted by Gasteiger charge is -2.32. The monoisotopic (exact) mass is 208 g/mol. The second kappa shape index (κ2) is 4.71. The molecule has 2 aliphatic rings. The van der Waals surface area contributed by atoms with Crippen LogP contribution in [0.5, 0.6) is 0 Å². The molecule has 0 aliphatic carbocycles. The van der Waals surface area contributed by atoms with E-state index in [1.807, 2.05) is 6.08 Å². The van der Waals surface area contributed by atoms with Gasteiger partial charge < -0.3 is 14.5 Å². The zero-order chi connectivity index (χ0) is 10.7. The Kier molecular flexibility index (Phi) is 3.31. The predicted octanol–water partition coefficient (Wildman–Crippen LogP) is 1.44. The zero-order valence-electron chi connectivity index (χ0n) is 9.65. The third-order valence-electron chi connectivity index (χ3n) is 2.93. The van der Waals surface area contributed by atoms with Crippen LogP contribution in [-0.4, -0.2) is 49.6 Å². The summed E-state index contributed by atoms with van der Waals surface area (Å²) in [6.45, 7) is 3.17. The normalized spacial score (nSPS) is 27.7. The Bertz CT molecular complexity index is 273. The van der Waals surface area contributed by atoms with Crippen LogP contribution in [0.4, 0.5) is 0 Å². The van der Waals surface area contributed by atoms with E-state index in [0.29, 0.717) is 6.10 Å². The molecular weight excluding hydrogens is 188 g/mol. The maximum absolute atomic E-state index is 6.00. The van der Waals surface area contributed by atoms with Crippen LogP contribution in [0.2, 0.25) is 0 Å². The fourth-order valence-electron chi connectivity index (χ4n) is 2.15. The van der Waals surface area contributed by atoms with Gasteiger partial charge in [0.1, 0.15) is 11.9 Å². The molecule has 0 aromatic carbocycles. The Morgan fingerprint density at radius 1 is 1.40 bits per heavy atom. The van der Waals surface area contributed by atoms with Crippen molar-refractivity contribution >= 4 is 0 Å². The lowest BCUT2D eigenvalue weighted by molar-refractivity contribution is 0.0432. The Morgan fingerprint density at radius 2 is 2.27 bits per heavy atom. The smallest absolute Gasteiger partial charge is 0.116 e. The fraction of sp³-hybridized carbons (Fsp3) is 0.667. The van der Waals surface area contributed by atoms with Crippen molar-refractivity contribution in [1.82, 2.24) is 9.80 Å². The summed E-state index contributed by atoms with van der Waals surface area (Å²) in [5.41, 5.74) is 0. The predicted molar refractivity (Wildman–Crippen MR) is 61.5 cm³/mol. The Labute approximate surface area is 92.0 Å². The van der Waals surface area contributed by atoms with Crippen LogP contribution in [0.15, 0.2) is 24.1 Å². The SMILES string of the molecule is CN1C=CC=C(OC2CCCN(C)C2)C1. The first-order valence-electron chi connectivity index (χ1n) is 5.67. The first kappa shape index (κ1) is 10.6. The average molecular weight is 208 g/mol. The van der Waals surface area contributed by atoms with Gasteiger partial charge >= 0.3 is 0 Å². The molecule has 3 nitrogen and oxygen atoms in total. The Hall–Kier alpha value is -0.960. The molecule has 1 unspecified atom stereocenters. The fourth-order valence-corrected chi connectivity index (χ4v) is 2.15. The molecule has 0 aromatic heterocycles. The highest BCUT2D eigenvalue weighted by atomic mass is 16.5. The van der Waals surface area contributed by atoms with E-state index >= 15 is 0 Å². The minimum absolute atomic E-state index is 0.384. The van der Waals surface area contributed by atoms with Gasteiger partial charge in [0.25, 0.3) is 0 Å². The zero-order valence-corrected chi connectivity index (χ0v) is 9.65. The second-order valence-corrected chi connectivity index (χ2v) is 4.53. The van der Waals surface area contributed by atoms with Gasteiger partial charge in [-0.3, -0.25) is 0 Å². The van der Waals surface area contributed by atoms with Crippen LogP contribution in [0.3, 0.4) is 0 Å². The minimum atomic E-state index is 0.384. The number of likely N-dealkylation sites (N-methyl/N-ethyl adjacent to an activating group) is 2. The van der Waals surface area contributed by atoms with Crippen molar-refractivity contribution in [2.75, 3.05) is 33.7 Å². The van der Waals surface area contributed by atoms with E-state index in [4.69, 9.17) is 4.74 Å². The van der Waals surface area contributed by atoms with Crippen molar-refractivity contribution in [2.24, 2.45) is 0 Å². The van der Waals surface area contributed by atoms with E-state index in [9.17, 15) is 0 Å². The summed E-state index contributed by atoms with van der Waals surface area (Å²) >= 11 is 0. The van der Waals surface area contributed by atoms with Crippen LogP contribution in [0.25, 0.3) is 0 Å². The lowest BCUT2D eigenvalue weighted by Crippen LogP contribution is -2.37. The Morgan fingerprint density at radius 3 is 3.00 bits per heavy atom. The molecule has 0 aromatic rings. The van der Waals surface area contributed by atoms with Gasteiger partial charge in [-0.15, -0.1) is 0 Å². The number of nitrogens with zero attached hydrogens (tertiary/aromatic N) is 2. The summed E-state index contributed by atoms with van der Waals surface area (Å²) in [5, 5.41) is 0. The molecule has 84 valence electrons. The van der Waals surface area contributed by atoms with E-state index in [1.165, 1.54) is 19.4 Å². The van der Waals surface area contributed by atoms with Gasteiger partial charge in [0.05, 0.1) is 6.54 Å². The second-order valence-electron chi connectivity index (χ2n) is 4.53. The number of rotatable bonds is 2. The first-order valence-corrected chi connectivity index (χ1v) is 5.67. The van der Waals surface area contributed by atoms with Gasteiger partial charge in [0.2, 0.25) is 0 Å². The van der Waals surface area contributed by atoms with Crippen LogP contribution >= 0.6 is 0 Å². The van der Waals surface area contributed by atoms with Crippen molar-refractivity contribution in [3.05, 3.63) is 24.1 Å². The highest BCUT2D eigenvalue weighted by molar-refractivity contribution is 5.14. The molecule has 0 spiro atoms. The van der Waals surface area contributed by atoms with E-state index in [0.717, 1.165) is 18.8 Å². The summed E-state index contributed by atoms with van der Waals surface area (Å²) in [7, 11) is 4.23. The molecule has 0 bridgehead atoms. The van der Waals surface area contributed by atoms with E-state index in [2.05, 4.69) is 36.2 Å². The van der Waals surface area contributed by atoms with Crippen molar-refractivity contribution < 1.29 is 4.74 Å². The Balaban J connectivity index is 1.86. The molecule has 15 heavy (non-hydrogen) atoms. The summed E-state index contributed by atoms with van der Waals surface area (Å²) in [4.78, 5) is 4.49. The van der Waals surface area contributed by atoms with Crippen LogP contribution in [-0.2, 0) is 4.74 Å².